The topological polar surface area (TPSA) is 117 Å². The lowest BCUT2D eigenvalue weighted by Gasteiger charge is -2.38. The molecule has 1 aromatic carbocycles. The van der Waals surface area contributed by atoms with Gasteiger partial charge in [-0.05, 0) is 89.0 Å². The Balaban J connectivity index is 1.67. The molecule has 41 heavy (non-hydrogen) atoms. The second-order valence-electron chi connectivity index (χ2n) is 14.2. The van der Waals surface area contributed by atoms with Gasteiger partial charge in [0.25, 0.3) is 0 Å². The van der Waals surface area contributed by atoms with E-state index in [-0.39, 0.29) is 35.7 Å². The summed E-state index contributed by atoms with van der Waals surface area (Å²) in [5.74, 6) is -1.62. The summed E-state index contributed by atoms with van der Waals surface area (Å²) in [6.07, 6.45) is 2.33. The number of aliphatic hydroxyl groups excluding tert-OH is 1. The van der Waals surface area contributed by atoms with Crippen molar-refractivity contribution in [3.05, 3.63) is 24.3 Å². The molecule has 6 atom stereocenters. The van der Waals surface area contributed by atoms with Crippen LogP contribution in [0.2, 0.25) is 0 Å². The maximum atomic E-state index is 14.2. The Bertz CT molecular complexity index is 1150. The van der Waals surface area contributed by atoms with Crippen LogP contribution in [0.4, 0.5) is 5.69 Å². The van der Waals surface area contributed by atoms with Crippen molar-refractivity contribution in [2.45, 2.75) is 104 Å². The first kappa shape index (κ1) is 31.3. The normalized spacial score (nSPS) is 30.9. The molecule has 1 spiro atoms. The Morgan fingerprint density at radius 3 is 2.37 bits per heavy atom. The number of fused-ring (bicyclic) bond motifs is 1. The number of hydrogen-bond acceptors (Lipinski definition) is 6. The third-order valence-electron chi connectivity index (χ3n) is 9.02. The average molecular weight is 572 g/mol. The molecule has 0 radical (unpaired) electrons. The van der Waals surface area contributed by atoms with E-state index < -0.39 is 34.6 Å². The summed E-state index contributed by atoms with van der Waals surface area (Å²) < 4.78 is 12.3. The predicted molar refractivity (Wildman–Crippen MR) is 157 cm³/mol. The van der Waals surface area contributed by atoms with E-state index >= 15 is 0 Å². The first-order valence-corrected chi connectivity index (χ1v) is 15.1. The molecular formula is C32H49N3O6. The second kappa shape index (κ2) is 11.2. The Hall–Kier alpha value is -2.65. The van der Waals surface area contributed by atoms with Crippen molar-refractivity contribution in [1.29, 1.82) is 0 Å². The summed E-state index contributed by atoms with van der Waals surface area (Å²) in [7, 11) is 0. The molecule has 3 heterocycles. The summed E-state index contributed by atoms with van der Waals surface area (Å²) >= 11 is 0. The van der Waals surface area contributed by atoms with Gasteiger partial charge in [-0.2, -0.15) is 0 Å². The fourth-order valence-electron chi connectivity index (χ4n) is 7.87. The first-order valence-electron chi connectivity index (χ1n) is 15.1. The van der Waals surface area contributed by atoms with Gasteiger partial charge < -0.3 is 30.1 Å². The van der Waals surface area contributed by atoms with Crippen molar-refractivity contribution in [3.8, 4) is 5.75 Å². The zero-order chi connectivity index (χ0) is 30.4. The van der Waals surface area contributed by atoms with Gasteiger partial charge in [-0.15, -0.1) is 0 Å². The summed E-state index contributed by atoms with van der Waals surface area (Å²) in [6.45, 7) is 17.1. The Labute approximate surface area is 244 Å². The molecule has 0 aliphatic carbocycles. The number of carbonyl (C=O) groups is 3. The highest BCUT2D eigenvalue weighted by molar-refractivity contribution is 6.02. The molecule has 4 rings (SSSR count). The number of nitrogens with one attached hydrogen (secondary N) is 2. The van der Waals surface area contributed by atoms with Gasteiger partial charge in [-0.25, -0.2) is 0 Å². The van der Waals surface area contributed by atoms with Gasteiger partial charge in [0.2, 0.25) is 17.7 Å². The molecule has 3 unspecified atom stereocenters. The molecule has 3 fully saturated rings. The van der Waals surface area contributed by atoms with Crippen molar-refractivity contribution in [3.63, 3.8) is 0 Å². The van der Waals surface area contributed by atoms with E-state index in [2.05, 4.69) is 31.4 Å². The van der Waals surface area contributed by atoms with Crippen LogP contribution >= 0.6 is 0 Å². The number of anilines is 1. The number of nitrogens with zero attached hydrogens (tertiary/aromatic N) is 1. The third-order valence-corrected chi connectivity index (χ3v) is 9.02. The van der Waals surface area contributed by atoms with Crippen LogP contribution in [0.5, 0.6) is 5.75 Å². The van der Waals surface area contributed by atoms with Crippen molar-refractivity contribution < 1.29 is 29.0 Å². The van der Waals surface area contributed by atoms with Crippen LogP contribution in [0.25, 0.3) is 0 Å². The number of unbranched alkanes of at least 4 members (excludes halogenated alkanes) is 1. The molecule has 3 aliphatic heterocycles. The Morgan fingerprint density at radius 2 is 1.78 bits per heavy atom. The lowest BCUT2D eigenvalue weighted by molar-refractivity contribution is -0.147. The van der Waals surface area contributed by atoms with Crippen LogP contribution in [0.15, 0.2) is 24.3 Å². The number of benzene rings is 1. The number of rotatable bonds is 11. The number of carbonyl (C=O) groups excluding carboxylic acids is 3. The predicted octanol–water partition coefficient (Wildman–Crippen LogP) is 4.14. The van der Waals surface area contributed by atoms with Gasteiger partial charge in [0.15, 0.2) is 0 Å². The maximum absolute atomic E-state index is 14.2. The average Bonchev–Trinajstić information content (AvgIpc) is 3.35. The van der Waals surface area contributed by atoms with Gasteiger partial charge in [0, 0.05) is 24.4 Å². The molecule has 3 saturated heterocycles. The molecule has 0 aromatic heterocycles. The van der Waals surface area contributed by atoms with E-state index in [0.29, 0.717) is 43.9 Å². The molecule has 3 aliphatic rings. The maximum Gasteiger partial charge on any atom is 0.246 e. The van der Waals surface area contributed by atoms with E-state index in [4.69, 9.17) is 9.47 Å². The minimum atomic E-state index is -1.10. The van der Waals surface area contributed by atoms with E-state index in [1.807, 2.05) is 34.6 Å². The summed E-state index contributed by atoms with van der Waals surface area (Å²) in [5, 5.41) is 15.7. The van der Waals surface area contributed by atoms with Gasteiger partial charge >= 0.3 is 0 Å². The summed E-state index contributed by atoms with van der Waals surface area (Å²) in [5.41, 5.74) is -1.92. The van der Waals surface area contributed by atoms with Crippen molar-refractivity contribution in [2.24, 2.45) is 23.2 Å². The smallest absolute Gasteiger partial charge is 0.246 e. The van der Waals surface area contributed by atoms with E-state index in [9.17, 15) is 19.5 Å². The van der Waals surface area contributed by atoms with Crippen LogP contribution in [-0.4, -0.2) is 70.3 Å². The zero-order valence-electron chi connectivity index (χ0n) is 26.0. The Kier molecular flexibility index (Phi) is 8.56. The highest BCUT2D eigenvalue weighted by Gasteiger charge is 2.79. The molecule has 9 nitrogen and oxygen atoms in total. The standard InChI is InChI=1S/C32H49N3O6/c1-9-40-22-14-12-21(13-15-22)33-26(37)23-24-28(39)35(16-10-11-17-36)25(32(24)18-20(2)31(23,8)41-32)27(38)34-30(6,7)19-29(3,4)5/h12-15,20,23-25,36H,9-11,16-19H2,1-8H3,(H,33,37)(H,34,38)/t20?,23-,24+,25?,31+,32?/m1/s1. The minimum Gasteiger partial charge on any atom is -0.494 e. The van der Waals surface area contributed by atoms with Gasteiger partial charge in [-0.1, -0.05) is 27.7 Å². The molecule has 1 aromatic rings. The Morgan fingerprint density at radius 1 is 1.12 bits per heavy atom. The van der Waals surface area contributed by atoms with Crippen molar-refractivity contribution in [1.82, 2.24) is 10.2 Å². The van der Waals surface area contributed by atoms with Crippen LogP contribution in [-0.2, 0) is 19.1 Å². The highest BCUT2D eigenvalue weighted by Crippen LogP contribution is 2.65. The van der Waals surface area contributed by atoms with Gasteiger partial charge in [0.05, 0.1) is 24.0 Å². The first-order chi connectivity index (χ1) is 19.1. The van der Waals surface area contributed by atoms with Crippen LogP contribution in [0, 0.1) is 23.2 Å². The molecule has 228 valence electrons. The fourth-order valence-corrected chi connectivity index (χ4v) is 7.87. The molecule has 3 amide bonds. The van der Waals surface area contributed by atoms with Crippen LogP contribution < -0.4 is 15.4 Å². The molecule has 9 heteroatoms. The number of likely N-dealkylation sites (tertiary alicyclic amines) is 1. The summed E-state index contributed by atoms with van der Waals surface area (Å²) in [6, 6.07) is 6.30. The lowest BCUT2D eigenvalue weighted by Crippen LogP contribution is -2.59. The van der Waals surface area contributed by atoms with Gasteiger partial charge in [0.1, 0.15) is 17.4 Å². The third kappa shape index (κ3) is 5.85. The number of ether oxygens (including phenoxy) is 2. The molecule has 2 bridgehead atoms. The number of hydrogen-bond donors (Lipinski definition) is 3. The highest BCUT2D eigenvalue weighted by atomic mass is 16.5. The zero-order valence-corrected chi connectivity index (χ0v) is 26.0. The molecular weight excluding hydrogens is 522 g/mol. The monoisotopic (exact) mass is 571 g/mol. The van der Waals surface area contributed by atoms with E-state index in [0.717, 1.165) is 6.42 Å². The van der Waals surface area contributed by atoms with E-state index in [1.54, 1.807) is 29.2 Å². The SMILES string of the molecule is CCOc1ccc(NC(=O)[C@H]2[C@H]3C(=O)N(CCCCO)C(C(=O)NC(C)(C)CC(C)(C)C)C34CC(C)[C@]2(C)O4)cc1. The van der Waals surface area contributed by atoms with Crippen molar-refractivity contribution >= 4 is 23.4 Å². The minimum absolute atomic E-state index is 0.00476. The number of aliphatic hydroxyl groups is 1. The lowest BCUT2D eigenvalue weighted by atomic mass is 9.62. The van der Waals surface area contributed by atoms with E-state index in [1.165, 1.54) is 0 Å². The van der Waals surface area contributed by atoms with Crippen LogP contribution in [0.3, 0.4) is 0 Å². The second-order valence-corrected chi connectivity index (χ2v) is 14.2. The van der Waals surface area contributed by atoms with Crippen LogP contribution in [0.1, 0.15) is 81.1 Å². The summed E-state index contributed by atoms with van der Waals surface area (Å²) in [4.78, 5) is 44.0. The molecule has 3 N–H and O–H groups in total. The number of amides is 3. The quantitative estimate of drug-likeness (QED) is 0.344. The fraction of sp³-hybridized carbons (Fsp3) is 0.719. The largest absolute Gasteiger partial charge is 0.494 e. The van der Waals surface area contributed by atoms with Crippen molar-refractivity contribution in [2.75, 3.05) is 25.1 Å². The molecule has 0 saturated carbocycles. The van der Waals surface area contributed by atoms with Gasteiger partial charge in [-0.3, -0.25) is 14.4 Å².